The molecule has 0 bridgehead atoms. The fourth-order valence-corrected chi connectivity index (χ4v) is 2.60. The highest BCUT2D eigenvalue weighted by Gasteiger charge is 2.06. The number of hydrogen-bond acceptors (Lipinski definition) is 4. The lowest BCUT2D eigenvalue weighted by molar-refractivity contribution is 0.422. The summed E-state index contributed by atoms with van der Waals surface area (Å²) in [7, 11) is 1.77. The monoisotopic (exact) mass is 332 g/mol. The first kappa shape index (κ1) is 17.4. The number of nitrogens with one attached hydrogen (secondary N) is 2. The lowest BCUT2D eigenvalue weighted by Crippen LogP contribution is -2.37. The van der Waals surface area contributed by atoms with Gasteiger partial charge in [-0.05, 0) is 24.9 Å². The van der Waals surface area contributed by atoms with Crippen LogP contribution in [0.4, 0.5) is 0 Å². The van der Waals surface area contributed by atoms with Gasteiger partial charge >= 0.3 is 0 Å². The number of guanidine groups is 1. The Labute approximate surface area is 141 Å². The van der Waals surface area contributed by atoms with E-state index in [9.17, 15) is 0 Å². The third-order valence-corrected chi connectivity index (χ3v) is 4.04. The van der Waals surface area contributed by atoms with E-state index in [2.05, 4.69) is 27.0 Å². The zero-order chi connectivity index (χ0) is 16.3. The Morgan fingerprint density at radius 1 is 1.22 bits per heavy atom. The van der Waals surface area contributed by atoms with Gasteiger partial charge in [-0.1, -0.05) is 35.5 Å². The van der Waals surface area contributed by atoms with Crippen LogP contribution in [0.25, 0.3) is 11.3 Å². The molecular weight excluding hydrogens is 308 g/mol. The van der Waals surface area contributed by atoms with Crippen molar-refractivity contribution in [3.8, 4) is 11.3 Å². The molecular formula is C17H24N4OS. The maximum Gasteiger partial charge on any atom is 0.191 e. The van der Waals surface area contributed by atoms with Crippen LogP contribution in [0.15, 0.2) is 45.9 Å². The van der Waals surface area contributed by atoms with Crippen LogP contribution in [0.2, 0.25) is 0 Å². The zero-order valence-corrected chi connectivity index (χ0v) is 14.5. The summed E-state index contributed by atoms with van der Waals surface area (Å²) in [5, 5.41) is 10.7. The van der Waals surface area contributed by atoms with Crippen molar-refractivity contribution in [2.75, 3.05) is 25.6 Å². The van der Waals surface area contributed by atoms with Crippen molar-refractivity contribution >= 4 is 17.7 Å². The number of rotatable bonds is 8. The Morgan fingerprint density at radius 2 is 2.04 bits per heavy atom. The lowest BCUT2D eigenvalue weighted by Gasteiger charge is -2.10. The smallest absolute Gasteiger partial charge is 0.191 e. The molecule has 0 saturated carbocycles. The van der Waals surface area contributed by atoms with E-state index in [-0.39, 0.29) is 0 Å². The Balaban J connectivity index is 1.77. The topological polar surface area (TPSA) is 62.5 Å². The van der Waals surface area contributed by atoms with Crippen molar-refractivity contribution in [1.82, 2.24) is 15.8 Å². The lowest BCUT2D eigenvalue weighted by atomic mass is 10.2. The van der Waals surface area contributed by atoms with Gasteiger partial charge in [-0.15, -0.1) is 0 Å². The van der Waals surface area contributed by atoms with E-state index in [1.165, 1.54) is 12.2 Å². The third kappa shape index (κ3) is 5.98. The summed E-state index contributed by atoms with van der Waals surface area (Å²) < 4.78 is 5.39. The van der Waals surface area contributed by atoms with Gasteiger partial charge in [0.05, 0.1) is 6.54 Å². The molecule has 1 heterocycles. The van der Waals surface area contributed by atoms with E-state index < -0.39 is 0 Å². The fourth-order valence-electron chi connectivity index (χ4n) is 2.11. The minimum atomic E-state index is 0.584. The van der Waals surface area contributed by atoms with Crippen LogP contribution in [-0.2, 0) is 6.54 Å². The van der Waals surface area contributed by atoms with Gasteiger partial charge < -0.3 is 15.2 Å². The zero-order valence-electron chi connectivity index (χ0n) is 13.7. The molecule has 5 nitrogen and oxygen atoms in total. The molecule has 0 amide bonds. The summed E-state index contributed by atoms with van der Waals surface area (Å²) in [6.07, 6.45) is 4.49. The van der Waals surface area contributed by atoms with E-state index in [0.29, 0.717) is 6.54 Å². The van der Waals surface area contributed by atoms with Crippen LogP contribution in [0.5, 0.6) is 0 Å². The van der Waals surface area contributed by atoms with Crippen LogP contribution in [0.1, 0.15) is 18.5 Å². The maximum absolute atomic E-state index is 5.39. The molecule has 0 saturated heterocycles. The molecule has 0 aliphatic heterocycles. The Morgan fingerprint density at radius 3 is 2.78 bits per heavy atom. The van der Waals surface area contributed by atoms with E-state index >= 15 is 0 Å². The molecule has 2 N–H and O–H groups in total. The van der Waals surface area contributed by atoms with Crippen molar-refractivity contribution in [1.29, 1.82) is 0 Å². The molecule has 0 radical (unpaired) electrons. The van der Waals surface area contributed by atoms with Crippen molar-refractivity contribution in [3.05, 3.63) is 42.1 Å². The number of thioether (sulfide) groups is 1. The van der Waals surface area contributed by atoms with Gasteiger partial charge in [0.25, 0.3) is 0 Å². The van der Waals surface area contributed by atoms with E-state index in [1.807, 2.05) is 48.2 Å². The highest BCUT2D eigenvalue weighted by Crippen LogP contribution is 2.19. The SMILES string of the molecule is CN=C(NCCCCSC)NCc1cc(-c2ccccc2)on1. The number of benzene rings is 1. The Hall–Kier alpha value is -1.95. The van der Waals surface area contributed by atoms with Gasteiger partial charge in [0, 0.05) is 25.2 Å². The van der Waals surface area contributed by atoms with Crippen molar-refractivity contribution in [3.63, 3.8) is 0 Å². The summed E-state index contributed by atoms with van der Waals surface area (Å²) in [5.74, 6) is 2.77. The molecule has 2 aromatic rings. The predicted octanol–water partition coefficient (Wildman–Crippen LogP) is 3.15. The molecule has 1 aromatic carbocycles. The van der Waals surface area contributed by atoms with Crippen LogP contribution < -0.4 is 10.6 Å². The molecule has 0 atom stereocenters. The van der Waals surface area contributed by atoms with Crippen LogP contribution >= 0.6 is 11.8 Å². The molecule has 0 aliphatic rings. The highest BCUT2D eigenvalue weighted by atomic mass is 32.2. The van der Waals surface area contributed by atoms with Gasteiger partial charge in [-0.25, -0.2) is 0 Å². The van der Waals surface area contributed by atoms with E-state index in [4.69, 9.17) is 4.52 Å². The third-order valence-electron chi connectivity index (χ3n) is 3.35. The second-order valence-electron chi connectivity index (χ2n) is 5.10. The fraction of sp³-hybridized carbons (Fsp3) is 0.412. The predicted molar refractivity (Wildman–Crippen MR) is 97.8 cm³/mol. The first-order valence-electron chi connectivity index (χ1n) is 7.78. The van der Waals surface area contributed by atoms with Crippen LogP contribution in [0.3, 0.4) is 0 Å². The van der Waals surface area contributed by atoms with Gasteiger partial charge in [-0.2, -0.15) is 11.8 Å². The molecule has 6 heteroatoms. The van der Waals surface area contributed by atoms with Crippen molar-refractivity contribution in [2.45, 2.75) is 19.4 Å². The summed E-state index contributed by atoms with van der Waals surface area (Å²) in [4.78, 5) is 4.22. The molecule has 2 rings (SSSR count). The number of aliphatic imine (C=N–C) groups is 1. The molecule has 0 spiro atoms. The largest absolute Gasteiger partial charge is 0.356 e. The van der Waals surface area contributed by atoms with Crippen molar-refractivity contribution < 1.29 is 4.52 Å². The minimum Gasteiger partial charge on any atom is -0.356 e. The second-order valence-corrected chi connectivity index (χ2v) is 6.09. The molecule has 0 unspecified atom stereocenters. The first-order valence-corrected chi connectivity index (χ1v) is 9.17. The molecule has 1 aromatic heterocycles. The highest BCUT2D eigenvalue weighted by molar-refractivity contribution is 7.98. The first-order chi connectivity index (χ1) is 11.3. The quantitative estimate of drug-likeness (QED) is 0.442. The van der Waals surface area contributed by atoms with E-state index in [0.717, 1.165) is 35.9 Å². The molecule has 124 valence electrons. The van der Waals surface area contributed by atoms with Crippen LogP contribution in [-0.4, -0.2) is 36.7 Å². The maximum atomic E-state index is 5.39. The average Bonchev–Trinajstić information content (AvgIpc) is 3.07. The Bertz CT molecular complexity index is 598. The summed E-state index contributed by atoms with van der Waals surface area (Å²) in [6, 6.07) is 11.9. The molecule has 23 heavy (non-hydrogen) atoms. The Kier molecular flexibility index (Phi) is 7.52. The molecule has 0 fully saturated rings. The average molecular weight is 332 g/mol. The second kappa shape index (κ2) is 9.94. The van der Waals surface area contributed by atoms with Crippen molar-refractivity contribution in [2.24, 2.45) is 4.99 Å². The van der Waals surface area contributed by atoms with Crippen LogP contribution in [0, 0.1) is 0 Å². The van der Waals surface area contributed by atoms with Gasteiger partial charge in [-0.3, -0.25) is 4.99 Å². The normalized spacial score (nSPS) is 11.5. The van der Waals surface area contributed by atoms with E-state index in [1.54, 1.807) is 7.05 Å². The number of unbranched alkanes of at least 4 members (excludes halogenated alkanes) is 1. The number of nitrogens with zero attached hydrogens (tertiary/aromatic N) is 2. The minimum absolute atomic E-state index is 0.584. The number of aromatic nitrogens is 1. The standard InChI is InChI=1S/C17H24N4OS/c1-18-17(19-10-6-7-11-23-2)20-13-15-12-16(22-21-15)14-8-4-3-5-9-14/h3-5,8-9,12H,6-7,10-11,13H2,1-2H3,(H2,18,19,20). The van der Waals surface area contributed by atoms with Gasteiger partial charge in [0.1, 0.15) is 5.69 Å². The molecule has 0 aliphatic carbocycles. The summed E-state index contributed by atoms with van der Waals surface area (Å²) in [5.41, 5.74) is 1.89. The van der Waals surface area contributed by atoms with Gasteiger partial charge in [0.2, 0.25) is 0 Å². The number of hydrogen-bond donors (Lipinski definition) is 2. The van der Waals surface area contributed by atoms with Gasteiger partial charge in [0.15, 0.2) is 11.7 Å². The summed E-state index contributed by atoms with van der Waals surface area (Å²) >= 11 is 1.88. The summed E-state index contributed by atoms with van der Waals surface area (Å²) in [6.45, 7) is 1.51.